The average molecular weight is 126 g/mol. The monoisotopic (exact) mass is 126 g/mol. The van der Waals surface area contributed by atoms with E-state index in [1.165, 1.54) is 0 Å². The van der Waals surface area contributed by atoms with Gasteiger partial charge in [-0.15, -0.1) is 0 Å². The summed E-state index contributed by atoms with van der Waals surface area (Å²) in [5, 5.41) is 9.16. The van der Waals surface area contributed by atoms with Crippen LogP contribution in [0.25, 0.3) is 0 Å². The molecule has 1 heteroatoms. The summed E-state index contributed by atoms with van der Waals surface area (Å²) in [7, 11) is 0. The minimum Gasteiger partial charge on any atom is -0.390 e. The Bertz CT molecular complexity index is 106. The maximum atomic E-state index is 9.16. The predicted molar refractivity (Wildman–Crippen MR) is 40.3 cm³/mol. The van der Waals surface area contributed by atoms with Crippen molar-refractivity contribution in [2.24, 2.45) is 0 Å². The van der Waals surface area contributed by atoms with E-state index in [-0.39, 0.29) is 0 Å². The Morgan fingerprint density at radius 1 is 1.56 bits per heavy atom. The Hall–Kier alpha value is -0.560. The highest BCUT2D eigenvalue weighted by atomic mass is 16.3. The highest BCUT2D eigenvalue weighted by molar-refractivity contribution is 4.98. The van der Waals surface area contributed by atoms with Crippen molar-refractivity contribution in [2.45, 2.75) is 25.9 Å². The molecule has 0 heterocycles. The van der Waals surface area contributed by atoms with E-state index in [0.717, 1.165) is 0 Å². The molecule has 0 atom stereocenters. The smallest absolute Gasteiger partial charge is 0.0626 e. The summed E-state index contributed by atoms with van der Waals surface area (Å²) in [5.74, 6) is 0. The number of hydrogen-bond acceptors (Lipinski definition) is 1. The second-order valence-corrected chi connectivity index (χ2v) is 2.68. The molecule has 0 rings (SSSR count). The van der Waals surface area contributed by atoms with E-state index in [9.17, 15) is 0 Å². The highest BCUT2D eigenvalue weighted by Gasteiger charge is 2.07. The van der Waals surface area contributed by atoms with Gasteiger partial charge in [-0.2, -0.15) is 0 Å². The maximum Gasteiger partial charge on any atom is 0.0626 e. The van der Waals surface area contributed by atoms with Crippen LogP contribution in [0.15, 0.2) is 24.8 Å². The Morgan fingerprint density at radius 3 is 2.44 bits per heavy atom. The first-order valence-corrected chi connectivity index (χ1v) is 3.06. The van der Waals surface area contributed by atoms with Crippen molar-refractivity contribution in [1.29, 1.82) is 0 Å². The van der Waals surface area contributed by atoms with Gasteiger partial charge >= 0.3 is 0 Å². The van der Waals surface area contributed by atoms with Crippen molar-refractivity contribution < 1.29 is 5.11 Å². The SMILES string of the molecule is C=C/C=C/CC(C)(C)O. The van der Waals surface area contributed by atoms with E-state index < -0.39 is 5.60 Å². The van der Waals surface area contributed by atoms with E-state index in [0.29, 0.717) is 6.42 Å². The minimum absolute atomic E-state index is 0.584. The number of aliphatic hydroxyl groups is 1. The first kappa shape index (κ1) is 8.44. The highest BCUT2D eigenvalue weighted by Crippen LogP contribution is 2.06. The van der Waals surface area contributed by atoms with Crippen molar-refractivity contribution in [2.75, 3.05) is 0 Å². The number of hydrogen-bond donors (Lipinski definition) is 1. The second kappa shape index (κ2) is 3.46. The zero-order chi connectivity index (χ0) is 7.33. The summed E-state index contributed by atoms with van der Waals surface area (Å²) in [4.78, 5) is 0. The lowest BCUT2D eigenvalue weighted by Gasteiger charge is -2.12. The predicted octanol–water partition coefficient (Wildman–Crippen LogP) is 1.89. The summed E-state index contributed by atoms with van der Waals surface area (Å²) < 4.78 is 0. The van der Waals surface area contributed by atoms with Gasteiger partial charge in [0.2, 0.25) is 0 Å². The molecule has 0 fully saturated rings. The molecule has 9 heavy (non-hydrogen) atoms. The fraction of sp³-hybridized carbons (Fsp3) is 0.500. The summed E-state index contributed by atoms with van der Waals surface area (Å²) in [6.45, 7) is 7.07. The molecular formula is C8H14O. The lowest BCUT2D eigenvalue weighted by Crippen LogP contribution is -2.16. The van der Waals surface area contributed by atoms with Crippen LogP contribution in [0.5, 0.6) is 0 Å². The van der Waals surface area contributed by atoms with Gasteiger partial charge in [-0.25, -0.2) is 0 Å². The van der Waals surface area contributed by atoms with Crippen molar-refractivity contribution in [3.05, 3.63) is 24.8 Å². The molecule has 1 N–H and O–H groups in total. The van der Waals surface area contributed by atoms with E-state index >= 15 is 0 Å². The minimum atomic E-state index is -0.584. The van der Waals surface area contributed by atoms with E-state index in [4.69, 9.17) is 5.11 Å². The zero-order valence-corrected chi connectivity index (χ0v) is 6.09. The van der Waals surface area contributed by atoms with Crippen LogP contribution in [0.1, 0.15) is 20.3 Å². The zero-order valence-electron chi connectivity index (χ0n) is 6.09. The van der Waals surface area contributed by atoms with E-state index in [2.05, 4.69) is 6.58 Å². The third-order valence-corrected chi connectivity index (χ3v) is 0.890. The molecule has 0 aliphatic rings. The lowest BCUT2D eigenvalue weighted by atomic mass is 10.1. The van der Waals surface area contributed by atoms with Crippen LogP contribution in [-0.4, -0.2) is 10.7 Å². The summed E-state index contributed by atoms with van der Waals surface area (Å²) in [5.41, 5.74) is -0.584. The van der Waals surface area contributed by atoms with Crippen LogP contribution in [0, 0.1) is 0 Å². The maximum absolute atomic E-state index is 9.16. The van der Waals surface area contributed by atoms with Gasteiger partial charge in [0.05, 0.1) is 5.60 Å². The van der Waals surface area contributed by atoms with Crippen molar-refractivity contribution in [3.63, 3.8) is 0 Å². The molecule has 0 unspecified atom stereocenters. The molecule has 0 aromatic heterocycles. The fourth-order valence-electron chi connectivity index (χ4n) is 0.453. The van der Waals surface area contributed by atoms with Crippen LogP contribution in [-0.2, 0) is 0 Å². The molecule has 0 amide bonds. The van der Waals surface area contributed by atoms with Crippen LogP contribution in [0.4, 0.5) is 0 Å². The quantitative estimate of drug-likeness (QED) is 0.572. The Kier molecular flexibility index (Phi) is 3.25. The molecular weight excluding hydrogens is 112 g/mol. The Balaban J connectivity index is 3.50. The molecule has 0 aliphatic heterocycles. The van der Waals surface area contributed by atoms with Crippen molar-refractivity contribution in [3.8, 4) is 0 Å². The molecule has 0 spiro atoms. The molecule has 0 radical (unpaired) electrons. The Labute approximate surface area is 56.7 Å². The molecule has 0 aromatic rings. The average Bonchev–Trinajstić information content (AvgIpc) is 1.63. The third kappa shape index (κ3) is 7.44. The molecule has 0 saturated heterocycles. The van der Waals surface area contributed by atoms with Gasteiger partial charge in [0.15, 0.2) is 0 Å². The molecule has 0 aromatic carbocycles. The topological polar surface area (TPSA) is 20.2 Å². The number of rotatable bonds is 3. The van der Waals surface area contributed by atoms with Crippen LogP contribution in [0.3, 0.4) is 0 Å². The molecule has 1 nitrogen and oxygen atoms in total. The van der Waals surface area contributed by atoms with Gasteiger partial charge in [0.25, 0.3) is 0 Å². The first-order valence-electron chi connectivity index (χ1n) is 3.06. The summed E-state index contributed by atoms with van der Waals surface area (Å²) in [6, 6.07) is 0. The Morgan fingerprint density at radius 2 is 2.11 bits per heavy atom. The van der Waals surface area contributed by atoms with Crippen LogP contribution < -0.4 is 0 Å². The van der Waals surface area contributed by atoms with Crippen LogP contribution >= 0.6 is 0 Å². The van der Waals surface area contributed by atoms with Gasteiger partial charge in [0.1, 0.15) is 0 Å². The van der Waals surface area contributed by atoms with Crippen molar-refractivity contribution in [1.82, 2.24) is 0 Å². The molecule has 0 bridgehead atoms. The van der Waals surface area contributed by atoms with Crippen molar-refractivity contribution >= 4 is 0 Å². The van der Waals surface area contributed by atoms with Crippen LogP contribution in [0.2, 0.25) is 0 Å². The molecule has 0 aliphatic carbocycles. The summed E-state index contributed by atoms with van der Waals surface area (Å²) in [6.07, 6.45) is 6.11. The molecule has 0 saturated carbocycles. The van der Waals surface area contributed by atoms with Gasteiger partial charge in [-0.1, -0.05) is 24.8 Å². The van der Waals surface area contributed by atoms with Gasteiger partial charge in [0, 0.05) is 0 Å². The normalized spacial score (nSPS) is 12.3. The van der Waals surface area contributed by atoms with E-state index in [1.807, 2.05) is 12.2 Å². The van der Waals surface area contributed by atoms with Gasteiger partial charge in [-0.05, 0) is 20.3 Å². The van der Waals surface area contributed by atoms with Gasteiger partial charge in [-0.3, -0.25) is 0 Å². The first-order chi connectivity index (χ1) is 4.06. The standard InChI is InChI=1S/C8H14O/c1-4-5-6-7-8(2,3)9/h4-6,9H,1,7H2,2-3H3/b6-5+. The number of allylic oxidation sites excluding steroid dienone is 2. The van der Waals surface area contributed by atoms with E-state index in [1.54, 1.807) is 19.9 Å². The van der Waals surface area contributed by atoms with Gasteiger partial charge < -0.3 is 5.11 Å². The molecule has 52 valence electrons. The largest absolute Gasteiger partial charge is 0.390 e. The fourth-order valence-corrected chi connectivity index (χ4v) is 0.453. The third-order valence-electron chi connectivity index (χ3n) is 0.890. The summed E-state index contributed by atoms with van der Waals surface area (Å²) >= 11 is 0. The lowest BCUT2D eigenvalue weighted by molar-refractivity contribution is 0.0839. The second-order valence-electron chi connectivity index (χ2n) is 2.68.